The zero-order valence-corrected chi connectivity index (χ0v) is 10.2. The Bertz CT molecular complexity index is 580. The van der Waals surface area contributed by atoms with Crippen LogP contribution in [-0.2, 0) is 0 Å². The highest BCUT2D eigenvalue weighted by Crippen LogP contribution is 2.30. The van der Waals surface area contributed by atoms with Crippen LogP contribution in [0.3, 0.4) is 0 Å². The molecule has 0 atom stereocenters. The van der Waals surface area contributed by atoms with Crippen molar-refractivity contribution in [2.75, 3.05) is 0 Å². The summed E-state index contributed by atoms with van der Waals surface area (Å²) >= 11 is 11.7. The molecule has 2 rings (SSSR count). The number of aromatic hydroxyl groups is 1. The quantitative estimate of drug-likeness (QED) is 0.829. The van der Waals surface area contributed by atoms with Crippen molar-refractivity contribution in [3.8, 4) is 16.9 Å². The highest BCUT2D eigenvalue weighted by atomic mass is 35.5. The maximum Gasteiger partial charge on any atom is 0.153 e. The summed E-state index contributed by atoms with van der Waals surface area (Å²) < 4.78 is 0. The van der Waals surface area contributed by atoms with Gasteiger partial charge in [-0.05, 0) is 35.4 Å². The number of phenols is 1. The van der Waals surface area contributed by atoms with Gasteiger partial charge in [0.15, 0.2) is 6.29 Å². The van der Waals surface area contributed by atoms with E-state index in [-0.39, 0.29) is 11.3 Å². The SMILES string of the molecule is O=Cc1ccc(-c2ccc(Cl)c(Cl)c2)cc1O. The predicted molar refractivity (Wildman–Crippen MR) is 69.0 cm³/mol. The second-order valence-electron chi connectivity index (χ2n) is 3.52. The van der Waals surface area contributed by atoms with Gasteiger partial charge in [-0.25, -0.2) is 0 Å². The van der Waals surface area contributed by atoms with Crippen LogP contribution < -0.4 is 0 Å². The van der Waals surface area contributed by atoms with Gasteiger partial charge in [-0.3, -0.25) is 4.79 Å². The van der Waals surface area contributed by atoms with E-state index in [1.54, 1.807) is 30.3 Å². The summed E-state index contributed by atoms with van der Waals surface area (Å²) in [6.07, 6.45) is 0.605. The molecule has 0 heterocycles. The molecule has 0 aliphatic heterocycles. The average Bonchev–Trinajstić information content (AvgIpc) is 2.32. The minimum atomic E-state index is -0.0522. The van der Waals surface area contributed by atoms with Gasteiger partial charge in [0.2, 0.25) is 0 Å². The lowest BCUT2D eigenvalue weighted by atomic mass is 10.0. The number of aldehydes is 1. The van der Waals surface area contributed by atoms with Gasteiger partial charge < -0.3 is 5.11 Å². The van der Waals surface area contributed by atoms with Crippen LogP contribution in [0.1, 0.15) is 10.4 Å². The number of hydrogen-bond donors (Lipinski definition) is 1. The summed E-state index contributed by atoms with van der Waals surface area (Å²) in [6.45, 7) is 0. The molecule has 2 nitrogen and oxygen atoms in total. The first-order chi connectivity index (χ1) is 8.11. The highest BCUT2D eigenvalue weighted by Gasteiger charge is 2.05. The third-order valence-corrected chi connectivity index (χ3v) is 3.15. The first kappa shape index (κ1) is 12.0. The van der Waals surface area contributed by atoms with Gasteiger partial charge >= 0.3 is 0 Å². The Balaban J connectivity index is 2.49. The smallest absolute Gasteiger partial charge is 0.153 e. The molecule has 0 saturated carbocycles. The molecule has 17 heavy (non-hydrogen) atoms. The topological polar surface area (TPSA) is 37.3 Å². The molecule has 0 bridgehead atoms. The van der Waals surface area contributed by atoms with Crippen molar-refractivity contribution in [2.45, 2.75) is 0 Å². The number of carbonyl (C=O) groups is 1. The standard InChI is InChI=1S/C13H8Cl2O2/c14-11-4-3-8(5-12(11)15)9-1-2-10(7-16)13(17)6-9/h1-7,17H. The minimum Gasteiger partial charge on any atom is -0.507 e. The summed E-state index contributed by atoms with van der Waals surface area (Å²) in [4.78, 5) is 10.6. The minimum absolute atomic E-state index is 0.0522. The van der Waals surface area contributed by atoms with Crippen LogP contribution in [0.25, 0.3) is 11.1 Å². The number of halogens is 2. The van der Waals surface area contributed by atoms with E-state index < -0.39 is 0 Å². The molecule has 0 aliphatic rings. The Morgan fingerprint density at radius 3 is 2.18 bits per heavy atom. The fourth-order valence-corrected chi connectivity index (χ4v) is 1.80. The van der Waals surface area contributed by atoms with Gasteiger partial charge in [-0.1, -0.05) is 35.3 Å². The molecular formula is C13H8Cl2O2. The molecule has 2 aromatic rings. The maximum absolute atomic E-state index is 10.6. The summed E-state index contributed by atoms with van der Waals surface area (Å²) in [5.74, 6) is -0.0522. The molecule has 0 saturated heterocycles. The highest BCUT2D eigenvalue weighted by molar-refractivity contribution is 6.42. The number of rotatable bonds is 2. The van der Waals surface area contributed by atoms with E-state index in [4.69, 9.17) is 23.2 Å². The van der Waals surface area contributed by atoms with E-state index >= 15 is 0 Å². The first-order valence-electron chi connectivity index (χ1n) is 4.85. The number of carbonyl (C=O) groups excluding carboxylic acids is 1. The Morgan fingerprint density at radius 1 is 0.941 bits per heavy atom. The fraction of sp³-hybridized carbons (Fsp3) is 0. The van der Waals surface area contributed by atoms with Crippen LogP contribution in [0.4, 0.5) is 0 Å². The van der Waals surface area contributed by atoms with Crippen molar-refractivity contribution in [1.29, 1.82) is 0 Å². The maximum atomic E-state index is 10.6. The van der Waals surface area contributed by atoms with Crippen LogP contribution in [0.2, 0.25) is 10.0 Å². The zero-order valence-electron chi connectivity index (χ0n) is 8.65. The van der Waals surface area contributed by atoms with Crippen LogP contribution in [0.5, 0.6) is 5.75 Å². The van der Waals surface area contributed by atoms with E-state index in [1.165, 1.54) is 6.07 Å². The largest absolute Gasteiger partial charge is 0.507 e. The molecule has 0 unspecified atom stereocenters. The van der Waals surface area contributed by atoms with Crippen LogP contribution in [0.15, 0.2) is 36.4 Å². The normalized spacial score (nSPS) is 10.2. The number of hydrogen-bond acceptors (Lipinski definition) is 2. The van der Waals surface area contributed by atoms with Crippen molar-refractivity contribution in [3.05, 3.63) is 52.0 Å². The molecule has 1 N–H and O–H groups in total. The fourth-order valence-electron chi connectivity index (χ4n) is 1.50. The predicted octanol–water partition coefficient (Wildman–Crippen LogP) is 4.18. The van der Waals surface area contributed by atoms with E-state index in [0.29, 0.717) is 16.3 Å². The Hall–Kier alpha value is -1.51. The van der Waals surface area contributed by atoms with Crippen LogP contribution in [0, 0.1) is 0 Å². The lowest BCUT2D eigenvalue weighted by molar-refractivity contribution is 0.112. The molecule has 0 radical (unpaired) electrons. The van der Waals surface area contributed by atoms with Gasteiger partial charge in [-0.2, -0.15) is 0 Å². The summed E-state index contributed by atoms with van der Waals surface area (Å²) in [5.41, 5.74) is 1.85. The monoisotopic (exact) mass is 266 g/mol. The van der Waals surface area contributed by atoms with Crippen molar-refractivity contribution in [1.82, 2.24) is 0 Å². The van der Waals surface area contributed by atoms with Crippen LogP contribution >= 0.6 is 23.2 Å². The zero-order chi connectivity index (χ0) is 12.4. The average molecular weight is 267 g/mol. The summed E-state index contributed by atoms with van der Waals surface area (Å²) in [7, 11) is 0. The first-order valence-corrected chi connectivity index (χ1v) is 5.61. The molecule has 0 fully saturated rings. The van der Waals surface area contributed by atoms with E-state index in [0.717, 1.165) is 11.1 Å². The molecule has 0 aliphatic carbocycles. The molecule has 0 spiro atoms. The van der Waals surface area contributed by atoms with Crippen molar-refractivity contribution in [2.24, 2.45) is 0 Å². The molecule has 86 valence electrons. The second-order valence-corrected chi connectivity index (χ2v) is 4.33. The molecular weight excluding hydrogens is 259 g/mol. The van der Waals surface area contributed by atoms with Gasteiger partial charge in [0.05, 0.1) is 15.6 Å². The Labute approximate surface area is 108 Å². The molecule has 0 aromatic heterocycles. The number of phenolic OH excluding ortho intramolecular Hbond substituents is 1. The van der Waals surface area contributed by atoms with Gasteiger partial charge in [-0.15, -0.1) is 0 Å². The molecule has 4 heteroatoms. The lowest BCUT2D eigenvalue weighted by Crippen LogP contribution is -1.83. The third kappa shape index (κ3) is 2.43. The van der Waals surface area contributed by atoms with Gasteiger partial charge in [0.25, 0.3) is 0 Å². The van der Waals surface area contributed by atoms with Crippen molar-refractivity contribution >= 4 is 29.5 Å². The summed E-state index contributed by atoms with van der Waals surface area (Å²) in [6, 6.07) is 10.00. The second kappa shape index (κ2) is 4.78. The molecule has 0 amide bonds. The lowest BCUT2D eigenvalue weighted by Gasteiger charge is -2.05. The number of benzene rings is 2. The molecule has 2 aromatic carbocycles. The van der Waals surface area contributed by atoms with Gasteiger partial charge in [0.1, 0.15) is 5.75 Å². The van der Waals surface area contributed by atoms with Crippen molar-refractivity contribution < 1.29 is 9.90 Å². The van der Waals surface area contributed by atoms with Gasteiger partial charge in [0, 0.05) is 0 Å². The Morgan fingerprint density at radius 2 is 1.59 bits per heavy atom. The van der Waals surface area contributed by atoms with E-state index in [9.17, 15) is 9.90 Å². The van der Waals surface area contributed by atoms with Crippen molar-refractivity contribution in [3.63, 3.8) is 0 Å². The summed E-state index contributed by atoms with van der Waals surface area (Å²) in [5, 5.41) is 10.5. The van der Waals surface area contributed by atoms with E-state index in [2.05, 4.69) is 0 Å². The van der Waals surface area contributed by atoms with Crippen LogP contribution in [-0.4, -0.2) is 11.4 Å². The third-order valence-electron chi connectivity index (χ3n) is 2.41. The van der Waals surface area contributed by atoms with E-state index in [1.807, 2.05) is 0 Å². The Kier molecular flexibility index (Phi) is 3.36.